The predicted octanol–water partition coefficient (Wildman–Crippen LogP) is 0.621. The Morgan fingerprint density at radius 2 is 2.00 bits per heavy atom. The van der Waals surface area contributed by atoms with Gasteiger partial charge in [0.25, 0.3) is 6.43 Å². The van der Waals surface area contributed by atoms with E-state index in [0.717, 1.165) is 6.07 Å². The number of rotatable bonds is 5. The van der Waals surface area contributed by atoms with E-state index >= 15 is 0 Å². The average Bonchev–Trinajstić information content (AvgIpc) is 2.30. The van der Waals surface area contributed by atoms with Gasteiger partial charge in [0.05, 0.1) is 0 Å². The fraction of sp³-hybridized carbons (Fsp3) is 0.400. The normalized spacial score (nSPS) is 13.8. The molecule has 1 atom stereocenters. The molecule has 19 heavy (non-hydrogen) atoms. The zero-order valence-corrected chi connectivity index (χ0v) is 10.7. The standard InChI is InChI=1S/C10H13F3N2O3S/c1-5-2-6(14)3-8(9(5)11)19(17,18)15-4-7(16)10(12)13/h2-3,7,10,15-16H,4,14H2,1H3. The molecule has 0 bridgehead atoms. The summed E-state index contributed by atoms with van der Waals surface area (Å²) in [6.45, 7) is 0.395. The van der Waals surface area contributed by atoms with Gasteiger partial charge in [-0.3, -0.25) is 0 Å². The van der Waals surface area contributed by atoms with Crippen LogP contribution in [0.25, 0.3) is 0 Å². The fourth-order valence-corrected chi connectivity index (χ4v) is 2.56. The minimum atomic E-state index is -4.36. The molecule has 0 fully saturated rings. The van der Waals surface area contributed by atoms with Crippen molar-refractivity contribution >= 4 is 15.7 Å². The predicted molar refractivity (Wildman–Crippen MR) is 62.7 cm³/mol. The van der Waals surface area contributed by atoms with E-state index < -0.39 is 39.8 Å². The molecule has 0 aliphatic heterocycles. The van der Waals surface area contributed by atoms with Crippen LogP contribution in [0.4, 0.5) is 18.9 Å². The Morgan fingerprint density at radius 3 is 2.53 bits per heavy atom. The summed E-state index contributed by atoms with van der Waals surface area (Å²) >= 11 is 0. The van der Waals surface area contributed by atoms with Gasteiger partial charge in [-0.05, 0) is 24.6 Å². The van der Waals surface area contributed by atoms with E-state index in [0.29, 0.717) is 0 Å². The monoisotopic (exact) mass is 298 g/mol. The molecular formula is C10H13F3N2O3S. The van der Waals surface area contributed by atoms with Gasteiger partial charge in [-0.25, -0.2) is 26.3 Å². The lowest BCUT2D eigenvalue weighted by Gasteiger charge is -2.13. The Hall–Kier alpha value is -1.32. The highest BCUT2D eigenvalue weighted by molar-refractivity contribution is 7.89. The number of aryl methyl sites for hydroxylation is 1. The molecule has 9 heteroatoms. The number of nitrogens with one attached hydrogen (secondary N) is 1. The summed E-state index contributed by atoms with van der Waals surface area (Å²) in [7, 11) is -4.36. The van der Waals surface area contributed by atoms with Gasteiger partial charge in [0.1, 0.15) is 16.8 Å². The van der Waals surface area contributed by atoms with Crippen molar-refractivity contribution in [3.8, 4) is 0 Å². The van der Waals surface area contributed by atoms with Gasteiger partial charge in [0.2, 0.25) is 10.0 Å². The molecule has 5 nitrogen and oxygen atoms in total. The number of halogens is 3. The summed E-state index contributed by atoms with van der Waals surface area (Å²) in [5.74, 6) is -1.02. The number of aliphatic hydroxyl groups excluding tert-OH is 1. The lowest BCUT2D eigenvalue weighted by Crippen LogP contribution is -2.36. The van der Waals surface area contributed by atoms with Crippen LogP contribution in [0, 0.1) is 12.7 Å². The fourth-order valence-electron chi connectivity index (χ4n) is 1.32. The van der Waals surface area contributed by atoms with Crippen LogP contribution in [-0.2, 0) is 10.0 Å². The van der Waals surface area contributed by atoms with Gasteiger partial charge in [-0.1, -0.05) is 0 Å². The van der Waals surface area contributed by atoms with Crippen LogP contribution in [0.3, 0.4) is 0 Å². The van der Waals surface area contributed by atoms with Crippen molar-refractivity contribution in [2.75, 3.05) is 12.3 Å². The van der Waals surface area contributed by atoms with Gasteiger partial charge in [0.15, 0.2) is 0 Å². The van der Waals surface area contributed by atoms with Gasteiger partial charge >= 0.3 is 0 Å². The first-order valence-electron chi connectivity index (χ1n) is 5.16. The Morgan fingerprint density at radius 1 is 1.42 bits per heavy atom. The van der Waals surface area contributed by atoms with Crippen LogP contribution in [0.1, 0.15) is 5.56 Å². The maximum Gasteiger partial charge on any atom is 0.265 e. The largest absolute Gasteiger partial charge is 0.399 e. The number of aliphatic hydroxyl groups is 1. The number of sulfonamides is 1. The van der Waals surface area contributed by atoms with Crippen LogP contribution < -0.4 is 10.5 Å². The van der Waals surface area contributed by atoms with Crippen molar-refractivity contribution in [2.24, 2.45) is 0 Å². The molecule has 1 aromatic rings. The molecule has 0 aliphatic rings. The van der Waals surface area contributed by atoms with Crippen LogP contribution >= 0.6 is 0 Å². The van der Waals surface area contributed by atoms with Gasteiger partial charge in [0, 0.05) is 12.2 Å². The zero-order chi connectivity index (χ0) is 14.8. The SMILES string of the molecule is Cc1cc(N)cc(S(=O)(=O)NCC(O)C(F)F)c1F. The van der Waals surface area contributed by atoms with E-state index in [4.69, 9.17) is 10.8 Å². The summed E-state index contributed by atoms with van der Waals surface area (Å²) in [6.07, 6.45) is -5.27. The number of benzene rings is 1. The topological polar surface area (TPSA) is 92.4 Å². The number of hydrogen-bond donors (Lipinski definition) is 3. The minimum absolute atomic E-state index is 0.00906. The van der Waals surface area contributed by atoms with Crippen LogP contribution in [0.2, 0.25) is 0 Å². The number of hydrogen-bond acceptors (Lipinski definition) is 4. The maximum atomic E-state index is 13.7. The lowest BCUT2D eigenvalue weighted by atomic mass is 10.2. The highest BCUT2D eigenvalue weighted by atomic mass is 32.2. The molecule has 0 amide bonds. The minimum Gasteiger partial charge on any atom is -0.399 e. The maximum absolute atomic E-state index is 13.7. The molecule has 0 radical (unpaired) electrons. The van der Waals surface area contributed by atoms with Crippen molar-refractivity contribution < 1.29 is 26.7 Å². The van der Waals surface area contributed by atoms with Crippen LogP contribution in [0.5, 0.6) is 0 Å². The summed E-state index contributed by atoms with van der Waals surface area (Å²) in [4.78, 5) is -0.744. The second-order valence-corrected chi connectivity index (χ2v) is 5.64. The molecule has 108 valence electrons. The molecule has 4 N–H and O–H groups in total. The van der Waals surface area contributed by atoms with E-state index in [9.17, 15) is 21.6 Å². The zero-order valence-electron chi connectivity index (χ0n) is 9.90. The van der Waals surface area contributed by atoms with Crippen LogP contribution in [0.15, 0.2) is 17.0 Å². The molecule has 1 unspecified atom stereocenters. The second kappa shape index (κ2) is 5.76. The average molecular weight is 298 g/mol. The third-order valence-corrected chi connectivity index (χ3v) is 3.73. The first-order chi connectivity index (χ1) is 8.65. The molecule has 1 aromatic carbocycles. The molecule has 1 rings (SSSR count). The van der Waals surface area contributed by atoms with Crippen molar-refractivity contribution in [1.82, 2.24) is 4.72 Å². The molecule has 0 aliphatic carbocycles. The Labute approximate surface area is 108 Å². The Balaban J connectivity index is 3.01. The second-order valence-electron chi connectivity index (χ2n) is 3.90. The van der Waals surface area contributed by atoms with E-state index in [1.165, 1.54) is 13.0 Å². The van der Waals surface area contributed by atoms with E-state index in [2.05, 4.69) is 0 Å². The van der Waals surface area contributed by atoms with Gasteiger partial charge < -0.3 is 10.8 Å². The summed E-state index contributed by atoms with van der Waals surface area (Å²) < 4.78 is 62.9. The number of alkyl halides is 2. The van der Waals surface area contributed by atoms with Crippen molar-refractivity contribution in [3.63, 3.8) is 0 Å². The Bertz CT molecular complexity index is 563. The molecule has 0 saturated heterocycles. The molecular weight excluding hydrogens is 285 g/mol. The highest BCUT2D eigenvalue weighted by Crippen LogP contribution is 2.21. The van der Waals surface area contributed by atoms with Gasteiger partial charge in [-0.15, -0.1) is 0 Å². The van der Waals surface area contributed by atoms with E-state index in [1.807, 2.05) is 0 Å². The Kier molecular flexibility index (Phi) is 4.77. The molecule has 0 spiro atoms. The first-order valence-corrected chi connectivity index (χ1v) is 6.65. The smallest absolute Gasteiger partial charge is 0.265 e. The number of nitrogens with two attached hydrogens (primary N) is 1. The highest BCUT2D eigenvalue weighted by Gasteiger charge is 2.24. The molecule has 0 saturated carbocycles. The summed E-state index contributed by atoms with van der Waals surface area (Å²) in [5.41, 5.74) is 5.43. The summed E-state index contributed by atoms with van der Waals surface area (Å²) in [5, 5.41) is 8.82. The lowest BCUT2D eigenvalue weighted by molar-refractivity contribution is -0.000456. The number of anilines is 1. The number of nitrogen functional groups attached to an aromatic ring is 1. The molecule has 0 aromatic heterocycles. The van der Waals surface area contributed by atoms with Crippen molar-refractivity contribution in [3.05, 3.63) is 23.5 Å². The third-order valence-electron chi connectivity index (χ3n) is 2.31. The van der Waals surface area contributed by atoms with Crippen molar-refractivity contribution in [1.29, 1.82) is 0 Å². The molecule has 0 heterocycles. The summed E-state index contributed by atoms with van der Waals surface area (Å²) in [6, 6.07) is 2.11. The van der Waals surface area contributed by atoms with E-state index in [1.54, 1.807) is 4.72 Å². The van der Waals surface area contributed by atoms with Crippen molar-refractivity contribution in [2.45, 2.75) is 24.3 Å². The quantitative estimate of drug-likeness (QED) is 0.695. The third kappa shape index (κ3) is 3.82. The van der Waals surface area contributed by atoms with Crippen LogP contribution in [-0.4, -0.2) is 32.6 Å². The van der Waals surface area contributed by atoms with E-state index in [-0.39, 0.29) is 11.3 Å². The first kappa shape index (κ1) is 15.7. The van der Waals surface area contributed by atoms with Gasteiger partial charge in [-0.2, -0.15) is 0 Å².